The van der Waals surface area contributed by atoms with Crippen molar-refractivity contribution in [1.29, 1.82) is 0 Å². The lowest BCUT2D eigenvalue weighted by Crippen LogP contribution is -2.17. The van der Waals surface area contributed by atoms with Gasteiger partial charge in [-0.2, -0.15) is 0 Å². The van der Waals surface area contributed by atoms with Crippen molar-refractivity contribution in [2.24, 2.45) is 0 Å². The fourth-order valence-electron chi connectivity index (χ4n) is 3.59. The van der Waals surface area contributed by atoms with E-state index in [0.717, 1.165) is 17.0 Å². The van der Waals surface area contributed by atoms with Gasteiger partial charge in [0.25, 0.3) is 0 Å². The number of nitrogens with one attached hydrogen (secondary N) is 1. The van der Waals surface area contributed by atoms with E-state index >= 15 is 0 Å². The van der Waals surface area contributed by atoms with E-state index in [1.165, 1.54) is 27.8 Å². The number of carboxylic acids is 1. The van der Waals surface area contributed by atoms with Gasteiger partial charge in [0.15, 0.2) is 0 Å². The first-order chi connectivity index (χ1) is 14.4. The largest absolute Gasteiger partial charge is 0.481 e. The topological polar surface area (TPSA) is 49.3 Å². The van der Waals surface area contributed by atoms with Crippen molar-refractivity contribution in [2.75, 3.05) is 6.54 Å². The molecule has 0 saturated heterocycles. The Kier molecular flexibility index (Phi) is 7.67. The molecule has 0 bridgehead atoms. The molecule has 1 unspecified atom stereocenters. The van der Waals surface area contributed by atoms with Crippen molar-refractivity contribution < 1.29 is 9.90 Å². The van der Waals surface area contributed by atoms with Crippen LogP contribution in [0.4, 0.5) is 0 Å². The zero-order valence-corrected chi connectivity index (χ0v) is 18.2. The van der Waals surface area contributed by atoms with E-state index in [9.17, 15) is 4.79 Å². The fraction of sp³-hybridized carbons (Fsp3) is 0.269. The molecule has 0 heterocycles. The Morgan fingerprint density at radius 2 is 1.50 bits per heavy atom. The van der Waals surface area contributed by atoms with Crippen molar-refractivity contribution >= 4 is 17.6 Å². The molecule has 0 aliphatic heterocycles. The Hall–Kier alpha value is -2.62. The van der Waals surface area contributed by atoms with Crippen LogP contribution in [0.1, 0.15) is 45.7 Å². The number of hydrogen-bond acceptors (Lipinski definition) is 2. The number of aliphatic carboxylic acids is 1. The minimum atomic E-state index is -0.782. The van der Waals surface area contributed by atoms with Gasteiger partial charge in [0.05, 0.1) is 6.42 Å². The molecule has 3 aromatic rings. The molecule has 4 heteroatoms. The second-order valence-electron chi connectivity index (χ2n) is 7.79. The zero-order valence-electron chi connectivity index (χ0n) is 17.5. The Morgan fingerprint density at radius 1 is 0.900 bits per heavy atom. The van der Waals surface area contributed by atoms with E-state index in [1.54, 1.807) is 0 Å². The molecule has 3 rings (SSSR count). The van der Waals surface area contributed by atoms with Crippen LogP contribution in [0.2, 0.25) is 5.02 Å². The van der Waals surface area contributed by atoms with Crippen LogP contribution in [0, 0.1) is 13.8 Å². The molecule has 0 fully saturated rings. The second kappa shape index (κ2) is 10.4. The van der Waals surface area contributed by atoms with Crippen LogP contribution in [0.15, 0.2) is 66.7 Å². The molecule has 0 radical (unpaired) electrons. The standard InChI is InChI=1S/C26H28ClNO2/c1-18-3-4-21(15-19(18)2)16-25(23-9-11-24(27)12-10-23)22-7-5-20(6-8-22)17-28-14-13-26(29)30/h3-12,15,25,28H,13-14,16-17H2,1-2H3,(H,29,30). The summed E-state index contributed by atoms with van der Waals surface area (Å²) in [7, 11) is 0. The first-order valence-electron chi connectivity index (χ1n) is 10.3. The first-order valence-corrected chi connectivity index (χ1v) is 10.6. The maximum atomic E-state index is 10.6. The van der Waals surface area contributed by atoms with Crippen LogP contribution < -0.4 is 5.32 Å². The fourth-order valence-corrected chi connectivity index (χ4v) is 3.71. The van der Waals surface area contributed by atoms with Gasteiger partial charge >= 0.3 is 5.97 Å². The van der Waals surface area contributed by atoms with E-state index in [-0.39, 0.29) is 12.3 Å². The van der Waals surface area contributed by atoms with Crippen LogP contribution in [0.25, 0.3) is 0 Å². The van der Waals surface area contributed by atoms with Gasteiger partial charge in [0, 0.05) is 24.0 Å². The number of carboxylic acid groups (broad SMARTS) is 1. The Labute approximate surface area is 183 Å². The molecular weight excluding hydrogens is 394 g/mol. The maximum absolute atomic E-state index is 10.6. The maximum Gasteiger partial charge on any atom is 0.304 e. The van der Waals surface area contributed by atoms with E-state index in [0.29, 0.717) is 13.1 Å². The quantitative estimate of drug-likeness (QED) is 0.423. The van der Waals surface area contributed by atoms with Crippen LogP contribution in [0.3, 0.4) is 0 Å². The predicted octanol–water partition coefficient (Wildman–Crippen LogP) is 5.90. The molecule has 0 aliphatic rings. The molecule has 0 amide bonds. The molecule has 30 heavy (non-hydrogen) atoms. The Balaban J connectivity index is 1.80. The van der Waals surface area contributed by atoms with E-state index in [4.69, 9.17) is 16.7 Å². The normalized spacial score (nSPS) is 12.0. The van der Waals surface area contributed by atoms with Crippen LogP contribution in [-0.4, -0.2) is 17.6 Å². The summed E-state index contributed by atoms with van der Waals surface area (Å²) in [4.78, 5) is 10.6. The molecule has 0 aliphatic carbocycles. The third-order valence-corrected chi connectivity index (χ3v) is 5.76. The van der Waals surface area contributed by atoms with Crippen molar-refractivity contribution in [2.45, 2.75) is 39.2 Å². The van der Waals surface area contributed by atoms with E-state index in [1.807, 2.05) is 12.1 Å². The highest BCUT2D eigenvalue weighted by Gasteiger charge is 2.16. The van der Waals surface area contributed by atoms with Crippen LogP contribution in [-0.2, 0) is 17.8 Å². The summed E-state index contributed by atoms with van der Waals surface area (Å²) in [6.45, 7) is 5.43. The summed E-state index contributed by atoms with van der Waals surface area (Å²) in [5.41, 5.74) is 7.57. The van der Waals surface area contributed by atoms with Gasteiger partial charge < -0.3 is 10.4 Å². The lowest BCUT2D eigenvalue weighted by molar-refractivity contribution is -0.136. The van der Waals surface area contributed by atoms with Gasteiger partial charge in [-0.3, -0.25) is 4.79 Å². The van der Waals surface area contributed by atoms with Crippen molar-refractivity contribution in [3.8, 4) is 0 Å². The lowest BCUT2D eigenvalue weighted by Gasteiger charge is -2.20. The smallest absolute Gasteiger partial charge is 0.304 e. The molecule has 3 nitrogen and oxygen atoms in total. The van der Waals surface area contributed by atoms with Crippen molar-refractivity contribution in [3.05, 3.63) is 105 Å². The number of rotatable bonds is 9. The summed E-state index contributed by atoms with van der Waals surface area (Å²) >= 11 is 6.12. The van der Waals surface area contributed by atoms with Crippen molar-refractivity contribution in [1.82, 2.24) is 5.32 Å². The third-order valence-electron chi connectivity index (χ3n) is 5.51. The van der Waals surface area contributed by atoms with E-state index in [2.05, 4.69) is 73.8 Å². The molecular formula is C26H28ClNO2. The van der Waals surface area contributed by atoms with Crippen LogP contribution >= 0.6 is 11.6 Å². The monoisotopic (exact) mass is 421 g/mol. The Morgan fingerprint density at radius 3 is 2.10 bits per heavy atom. The minimum Gasteiger partial charge on any atom is -0.481 e. The molecule has 3 aromatic carbocycles. The molecule has 2 N–H and O–H groups in total. The van der Waals surface area contributed by atoms with Crippen molar-refractivity contribution in [3.63, 3.8) is 0 Å². The van der Waals surface area contributed by atoms with Gasteiger partial charge in [-0.1, -0.05) is 66.2 Å². The highest BCUT2D eigenvalue weighted by atomic mass is 35.5. The summed E-state index contributed by atoms with van der Waals surface area (Å²) in [6.07, 6.45) is 1.05. The molecule has 1 atom stereocenters. The van der Waals surface area contributed by atoms with Crippen LogP contribution in [0.5, 0.6) is 0 Å². The number of hydrogen-bond donors (Lipinski definition) is 2. The van der Waals surface area contributed by atoms with Gasteiger partial charge in [0.2, 0.25) is 0 Å². The Bertz CT molecular complexity index is 981. The first kappa shape index (κ1) is 22.1. The average Bonchev–Trinajstić information content (AvgIpc) is 2.73. The van der Waals surface area contributed by atoms with E-state index < -0.39 is 5.97 Å². The molecule has 156 valence electrons. The number of benzene rings is 3. The average molecular weight is 422 g/mol. The summed E-state index contributed by atoms with van der Waals surface area (Å²) in [6, 6.07) is 23.4. The second-order valence-corrected chi connectivity index (χ2v) is 8.23. The predicted molar refractivity (Wildman–Crippen MR) is 123 cm³/mol. The lowest BCUT2D eigenvalue weighted by atomic mass is 9.85. The van der Waals surface area contributed by atoms with Gasteiger partial charge in [0.1, 0.15) is 0 Å². The highest BCUT2D eigenvalue weighted by molar-refractivity contribution is 6.30. The number of halogens is 1. The summed E-state index contributed by atoms with van der Waals surface area (Å²) in [5, 5.41) is 12.7. The van der Waals surface area contributed by atoms with Gasteiger partial charge in [-0.05, 0) is 65.8 Å². The summed E-state index contributed by atoms with van der Waals surface area (Å²) in [5.74, 6) is -0.548. The SMILES string of the molecule is Cc1ccc(CC(c2ccc(Cl)cc2)c2ccc(CNCCC(=O)O)cc2)cc1C. The molecule has 0 spiro atoms. The zero-order chi connectivity index (χ0) is 21.5. The highest BCUT2D eigenvalue weighted by Crippen LogP contribution is 2.30. The number of aryl methyl sites for hydroxylation is 2. The number of carbonyl (C=O) groups is 1. The summed E-state index contributed by atoms with van der Waals surface area (Å²) < 4.78 is 0. The molecule has 0 aromatic heterocycles. The van der Waals surface area contributed by atoms with Gasteiger partial charge in [-0.25, -0.2) is 0 Å². The minimum absolute atomic E-state index is 0.132. The third kappa shape index (κ3) is 6.19. The van der Waals surface area contributed by atoms with Gasteiger partial charge in [-0.15, -0.1) is 0 Å². The molecule has 0 saturated carbocycles.